The second-order valence-electron chi connectivity index (χ2n) is 7.36. The normalized spacial score (nSPS) is 53.3. The van der Waals surface area contributed by atoms with Gasteiger partial charge in [-0.1, -0.05) is 39.3 Å². The molecule has 0 radical (unpaired) electrons. The van der Waals surface area contributed by atoms with Gasteiger partial charge in [0.05, 0.1) is 11.0 Å². The third-order valence-corrected chi connectivity index (χ3v) is 6.78. The zero-order valence-corrected chi connectivity index (χ0v) is 12.1. The maximum absolute atomic E-state index is 13.0. The molecule has 1 N–H and O–H groups in total. The maximum atomic E-state index is 13.0. The molecule has 0 aromatic carbocycles. The van der Waals surface area contributed by atoms with Crippen molar-refractivity contribution in [3.05, 3.63) is 11.6 Å². The molecule has 0 amide bonds. The van der Waals surface area contributed by atoms with Crippen molar-refractivity contribution in [1.82, 2.24) is 0 Å². The molecule has 1 spiro atoms. The average molecular weight is 248 g/mol. The Morgan fingerprint density at radius 3 is 2.56 bits per heavy atom. The van der Waals surface area contributed by atoms with E-state index in [1.54, 1.807) is 0 Å². The van der Waals surface area contributed by atoms with Gasteiger partial charge >= 0.3 is 0 Å². The first-order chi connectivity index (χ1) is 8.21. The van der Waals surface area contributed by atoms with E-state index in [-0.39, 0.29) is 23.0 Å². The Balaban J connectivity index is 2.34. The number of hydrogen-bond acceptors (Lipinski definition) is 2. The van der Waals surface area contributed by atoms with E-state index in [4.69, 9.17) is 0 Å². The SMILES string of the molecule is CC1=CCC2C[C@]3(O)[C@H](C)[C@@H](C)C(=O)C13C2(C)C. The summed E-state index contributed by atoms with van der Waals surface area (Å²) in [5.74, 6) is 0.746. The number of hydrogen-bond donors (Lipinski definition) is 1. The Morgan fingerprint density at radius 1 is 1.33 bits per heavy atom. The summed E-state index contributed by atoms with van der Waals surface area (Å²) in [6.07, 6.45) is 4.00. The van der Waals surface area contributed by atoms with E-state index in [1.807, 2.05) is 6.92 Å². The molecule has 2 saturated carbocycles. The van der Waals surface area contributed by atoms with Crippen LogP contribution in [0.3, 0.4) is 0 Å². The van der Waals surface area contributed by atoms with E-state index in [2.05, 4.69) is 33.8 Å². The second-order valence-corrected chi connectivity index (χ2v) is 7.36. The Hall–Kier alpha value is -0.630. The Bertz CT molecular complexity index is 462. The monoisotopic (exact) mass is 248 g/mol. The quantitative estimate of drug-likeness (QED) is 0.669. The first kappa shape index (κ1) is 12.4. The van der Waals surface area contributed by atoms with Crippen LogP contribution in [-0.2, 0) is 4.79 Å². The molecule has 3 aliphatic rings. The molecule has 5 atom stereocenters. The van der Waals surface area contributed by atoms with E-state index >= 15 is 0 Å². The minimum atomic E-state index is -0.825. The molecule has 0 heterocycles. The van der Waals surface area contributed by atoms with Crippen LogP contribution in [0.2, 0.25) is 0 Å². The Morgan fingerprint density at radius 2 is 1.94 bits per heavy atom. The zero-order chi connectivity index (χ0) is 13.5. The van der Waals surface area contributed by atoms with Crippen LogP contribution in [0.1, 0.15) is 47.5 Å². The lowest BCUT2D eigenvalue weighted by molar-refractivity contribution is -0.140. The Kier molecular flexibility index (Phi) is 2.13. The molecule has 18 heavy (non-hydrogen) atoms. The largest absolute Gasteiger partial charge is 0.388 e. The fourth-order valence-corrected chi connectivity index (χ4v) is 5.58. The van der Waals surface area contributed by atoms with Crippen molar-refractivity contribution in [3.8, 4) is 0 Å². The van der Waals surface area contributed by atoms with Gasteiger partial charge in [-0.3, -0.25) is 4.79 Å². The Labute approximate surface area is 109 Å². The molecular formula is C16H24O2. The first-order valence-corrected chi connectivity index (χ1v) is 7.15. The van der Waals surface area contributed by atoms with Crippen molar-refractivity contribution in [2.75, 3.05) is 0 Å². The molecule has 0 aromatic heterocycles. The van der Waals surface area contributed by atoms with Crippen molar-refractivity contribution < 1.29 is 9.90 Å². The smallest absolute Gasteiger partial charge is 0.149 e. The van der Waals surface area contributed by atoms with Gasteiger partial charge in [-0.2, -0.15) is 0 Å². The molecule has 0 saturated heterocycles. The fraction of sp³-hybridized carbons (Fsp3) is 0.812. The highest BCUT2D eigenvalue weighted by Gasteiger charge is 2.78. The van der Waals surface area contributed by atoms with Crippen molar-refractivity contribution in [2.45, 2.75) is 53.1 Å². The van der Waals surface area contributed by atoms with E-state index in [1.165, 1.54) is 0 Å². The zero-order valence-electron chi connectivity index (χ0n) is 12.1. The molecule has 2 heteroatoms. The summed E-state index contributed by atoms with van der Waals surface area (Å²) in [7, 11) is 0. The molecule has 3 rings (SSSR count). The third kappa shape index (κ3) is 0.900. The van der Waals surface area contributed by atoms with Gasteiger partial charge in [0, 0.05) is 5.92 Å². The van der Waals surface area contributed by atoms with Crippen molar-refractivity contribution >= 4 is 5.78 Å². The van der Waals surface area contributed by atoms with Gasteiger partial charge in [-0.15, -0.1) is 0 Å². The third-order valence-electron chi connectivity index (χ3n) is 6.78. The molecule has 0 aliphatic heterocycles. The fourth-order valence-electron chi connectivity index (χ4n) is 5.58. The van der Waals surface area contributed by atoms with E-state index < -0.39 is 11.0 Å². The van der Waals surface area contributed by atoms with Crippen LogP contribution in [0.5, 0.6) is 0 Å². The van der Waals surface area contributed by atoms with Crippen LogP contribution in [0, 0.1) is 28.6 Å². The van der Waals surface area contributed by atoms with Crippen LogP contribution in [-0.4, -0.2) is 16.5 Å². The van der Waals surface area contributed by atoms with Crippen molar-refractivity contribution in [3.63, 3.8) is 0 Å². The number of allylic oxidation sites excluding steroid dienone is 1. The van der Waals surface area contributed by atoms with Crippen molar-refractivity contribution in [1.29, 1.82) is 0 Å². The van der Waals surface area contributed by atoms with Gasteiger partial charge in [-0.25, -0.2) is 0 Å². The highest BCUT2D eigenvalue weighted by Crippen LogP contribution is 2.74. The number of ketones is 1. The van der Waals surface area contributed by atoms with Crippen LogP contribution < -0.4 is 0 Å². The number of fused-ring (bicyclic) bond motifs is 1. The summed E-state index contributed by atoms with van der Waals surface area (Å²) < 4.78 is 0. The van der Waals surface area contributed by atoms with Gasteiger partial charge in [0.2, 0.25) is 0 Å². The number of carbonyl (C=O) groups excluding carboxylic acids is 1. The summed E-state index contributed by atoms with van der Waals surface area (Å²) in [6, 6.07) is 0. The number of carbonyl (C=O) groups is 1. The van der Waals surface area contributed by atoms with Crippen LogP contribution in [0.4, 0.5) is 0 Å². The van der Waals surface area contributed by atoms with E-state index in [0.717, 1.165) is 18.4 Å². The lowest BCUT2D eigenvalue weighted by atomic mass is 9.54. The van der Waals surface area contributed by atoms with E-state index in [9.17, 15) is 9.90 Å². The molecule has 100 valence electrons. The van der Waals surface area contributed by atoms with Crippen LogP contribution in [0.15, 0.2) is 11.6 Å². The molecular weight excluding hydrogens is 224 g/mol. The first-order valence-electron chi connectivity index (χ1n) is 7.15. The number of rotatable bonds is 0. The highest BCUT2D eigenvalue weighted by atomic mass is 16.3. The van der Waals surface area contributed by atoms with E-state index in [0.29, 0.717) is 5.92 Å². The molecule has 2 nitrogen and oxygen atoms in total. The summed E-state index contributed by atoms with van der Waals surface area (Å²) in [4.78, 5) is 13.0. The van der Waals surface area contributed by atoms with Crippen molar-refractivity contribution in [2.24, 2.45) is 28.6 Å². The maximum Gasteiger partial charge on any atom is 0.149 e. The van der Waals surface area contributed by atoms with Gasteiger partial charge < -0.3 is 5.11 Å². The molecule has 0 aromatic rings. The standard InChI is InChI=1S/C16H24O2/c1-9-6-7-12-8-15(18)11(3)10(2)13(17)16(9,15)14(12,4)5/h6,10-12,18H,7-8H2,1-5H3/t10-,11-,12?,15+,16?/m1/s1. The van der Waals surface area contributed by atoms with Gasteiger partial charge in [0.25, 0.3) is 0 Å². The molecule has 2 unspecified atom stereocenters. The summed E-state index contributed by atoms with van der Waals surface area (Å²) in [6.45, 7) is 10.5. The predicted molar refractivity (Wildman–Crippen MR) is 71.0 cm³/mol. The van der Waals surface area contributed by atoms with Gasteiger partial charge in [0.1, 0.15) is 5.78 Å². The van der Waals surface area contributed by atoms with Crippen LogP contribution >= 0.6 is 0 Å². The lowest BCUT2D eigenvalue weighted by Gasteiger charge is -2.49. The summed E-state index contributed by atoms with van der Waals surface area (Å²) in [5, 5.41) is 11.3. The number of aliphatic hydroxyl groups is 1. The van der Waals surface area contributed by atoms with Crippen LogP contribution in [0.25, 0.3) is 0 Å². The topological polar surface area (TPSA) is 37.3 Å². The molecule has 2 bridgehead atoms. The van der Waals surface area contributed by atoms with Gasteiger partial charge in [0.15, 0.2) is 0 Å². The minimum Gasteiger partial charge on any atom is -0.388 e. The minimum absolute atomic E-state index is 0.0309. The summed E-state index contributed by atoms with van der Waals surface area (Å²) >= 11 is 0. The second kappa shape index (κ2) is 3.09. The average Bonchev–Trinajstić information content (AvgIpc) is 2.49. The molecule has 2 fully saturated rings. The lowest BCUT2D eigenvalue weighted by Crippen LogP contribution is -2.54. The molecule has 3 aliphatic carbocycles. The predicted octanol–water partition coefficient (Wildman–Crippen LogP) is 2.95. The van der Waals surface area contributed by atoms with Gasteiger partial charge in [-0.05, 0) is 37.0 Å². The summed E-state index contributed by atoms with van der Waals surface area (Å²) in [5.41, 5.74) is -0.447. The number of Topliss-reactive ketones (excluding diaryl/α,β-unsaturated/α-hetero) is 1. The highest BCUT2D eigenvalue weighted by molar-refractivity contribution is 5.96.